The second-order valence-electron chi connectivity index (χ2n) is 4.35. The highest BCUT2D eigenvalue weighted by atomic mass is 16.5. The van der Waals surface area contributed by atoms with Crippen molar-refractivity contribution in [2.45, 2.75) is 25.4 Å². The van der Waals surface area contributed by atoms with E-state index in [2.05, 4.69) is 5.32 Å². The smallest absolute Gasteiger partial charge is 0.336 e. The van der Waals surface area contributed by atoms with Crippen LogP contribution in [0.5, 0.6) is 0 Å². The predicted molar refractivity (Wildman–Crippen MR) is 46.7 cm³/mol. The molecule has 2 aliphatic heterocycles. The highest BCUT2D eigenvalue weighted by Crippen LogP contribution is 2.57. The van der Waals surface area contributed by atoms with Crippen LogP contribution < -0.4 is 5.32 Å². The standard InChI is InChI=1S/C9H13NO4/c1-6(11)10-4-8-2-9(3-8,7(12)13)14-5-8/h2-5H2,1H3,(H,10,11)(H,12,13). The number of hydrogen-bond donors (Lipinski definition) is 2. The third-order valence-electron chi connectivity index (χ3n) is 3.08. The van der Waals surface area contributed by atoms with E-state index in [4.69, 9.17) is 9.84 Å². The average Bonchev–Trinajstić information content (AvgIpc) is 2.54. The molecule has 0 aromatic heterocycles. The second-order valence-corrected chi connectivity index (χ2v) is 4.35. The van der Waals surface area contributed by atoms with Crippen LogP contribution in [0.2, 0.25) is 0 Å². The number of carboxylic acid groups (broad SMARTS) is 1. The van der Waals surface area contributed by atoms with Crippen LogP contribution in [0, 0.1) is 5.41 Å². The van der Waals surface area contributed by atoms with Crippen molar-refractivity contribution >= 4 is 11.9 Å². The Bertz CT molecular complexity index is 293. The summed E-state index contributed by atoms with van der Waals surface area (Å²) in [6, 6.07) is 0. The summed E-state index contributed by atoms with van der Waals surface area (Å²) < 4.78 is 5.26. The molecular weight excluding hydrogens is 186 g/mol. The van der Waals surface area contributed by atoms with E-state index >= 15 is 0 Å². The predicted octanol–water partition coefficient (Wildman–Crippen LogP) is -0.244. The molecule has 5 nitrogen and oxygen atoms in total. The van der Waals surface area contributed by atoms with Gasteiger partial charge in [0.15, 0.2) is 5.60 Å². The first-order valence-electron chi connectivity index (χ1n) is 4.60. The van der Waals surface area contributed by atoms with Crippen molar-refractivity contribution in [3.05, 3.63) is 0 Å². The first kappa shape index (κ1) is 9.45. The fourth-order valence-corrected chi connectivity index (χ4v) is 2.36. The molecule has 1 amide bonds. The molecule has 3 aliphatic rings. The fourth-order valence-electron chi connectivity index (χ4n) is 2.36. The van der Waals surface area contributed by atoms with Crippen LogP contribution in [-0.2, 0) is 14.3 Å². The molecule has 0 spiro atoms. The van der Waals surface area contributed by atoms with Gasteiger partial charge in [-0.25, -0.2) is 4.79 Å². The molecule has 0 atom stereocenters. The Labute approximate surface area is 81.4 Å². The zero-order valence-electron chi connectivity index (χ0n) is 8.00. The van der Waals surface area contributed by atoms with Gasteiger partial charge < -0.3 is 15.2 Å². The van der Waals surface area contributed by atoms with Gasteiger partial charge >= 0.3 is 5.97 Å². The molecule has 3 fully saturated rings. The number of carboxylic acids is 1. The van der Waals surface area contributed by atoms with Crippen LogP contribution in [0.3, 0.4) is 0 Å². The van der Waals surface area contributed by atoms with Crippen molar-refractivity contribution in [2.75, 3.05) is 13.2 Å². The van der Waals surface area contributed by atoms with Crippen molar-refractivity contribution in [3.63, 3.8) is 0 Å². The van der Waals surface area contributed by atoms with E-state index in [0.717, 1.165) is 0 Å². The van der Waals surface area contributed by atoms with E-state index in [1.54, 1.807) is 0 Å². The van der Waals surface area contributed by atoms with Crippen molar-refractivity contribution < 1.29 is 19.4 Å². The van der Waals surface area contributed by atoms with Crippen LogP contribution in [0.25, 0.3) is 0 Å². The van der Waals surface area contributed by atoms with Crippen LogP contribution in [-0.4, -0.2) is 35.7 Å². The maximum atomic E-state index is 10.8. The Morgan fingerprint density at radius 3 is 2.57 bits per heavy atom. The summed E-state index contributed by atoms with van der Waals surface area (Å²) in [5.41, 5.74) is -1.07. The maximum absolute atomic E-state index is 10.8. The Morgan fingerprint density at radius 1 is 1.50 bits per heavy atom. The second kappa shape index (κ2) is 2.70. The zero-order chi connectivity index (χ0) is 10.4. The van der Waals surface area contributed by atoms with Gasteiger partial charge in [0.1, 0.15) is 0 Å². The minimum absolute atomic E-state index is 0.0842. The Hall–Kier alpha value is -1.10. The van der Waals surface area contributed by atoms with Crippen LogP contribution in [0.1, 0.15) is 19.8 Å². The Kier molecular flexibility index (Phi) is 1.82. The van der Waals surface area contributed by atoms with Crippen LogP contribution in [0.15, 0.2) is 0 Å². The van der Waals surface area contributed by atoms with Gasteiger partial charge in [-0.05, 0) is 12.8 Å². The van der Waals surface area contributed by atoms with E-state index in [-0.39, 0.29) is 11.3 Å². The number of amides is 1. The lowest BCUT2D eigenvalue weighted by molar-refractivity contribution is -0.164. The molecule has 2 N–H and O–H groups in total. The van der Waals surface area contributed by atoms with Gasteiger partial charge in [-0.15, -0.1) is 0 Å². The number of nitrogens with one attached hydrogen (secondary N) is 1. The number of carbonyl (C=O) groups is 2. The lowest BCUT2D eigenvalue weighted by Gasteiger charge is -2.41. The highest BCUT2D eigenvalue weighted by Gasteiger charge is 2.66. The third-order valence-corrected chi connectivity index (χ3v) is 3.08. The van der Waals surface area contributed by atoms with Crippen molar-refractivity contribution in [2.24, 2.45) is 5.41 Å². The largest absolute Gasteiger partial charge is 0.479 e. The summed E-state index contributed by atoms with van der Waals surface area (Å²) in [5, 5.41) is 11.6. The first-order chi connectivity index (χ1) is 6.48. The monoisotopic (exact) mass is 199 g/mol. The van der Waals surface area contributed by atoms with Gasteiger partial charge in [-0.1, -0.05) is 0 Å². The van der Waals surface area contributed by atoms with Gasteiger partial charge in [-0.3, -0.25) is 4.79 Å². The molecule has 0 unspecified atom stereocenters. The molecule has 14 heavy (non-hydrogen) atoms. The molecule has 0 aromatic carbocycles. The van der Waals surface area contributed by atoms with Crippen LogP contribution >= 0.6 is 0 Å². The number of rotatable bonds is 3. The summed E-state index contributed by atoms with van der Waals surface area (Å²) in [6.07, 6.45) is 1.05. The molecule has 2 saturated heterocycles. The van der Waals surface area contributed by atoms with E-state index in [1.165, 1.54) is 6.92 Å². The Morgan fingerprint density at radius 2 is 2.14 bits per heavy atom. The number of fused-ring (bicyclic) bond motifs is 1. The van der Waals surface area contributed by atoms with E-state index in [9.17, 15) is 9.59 Å². The highest BCUT2D eigenvalue weighted by molar-refractivity contribution is 5.80. The number of carbonyl (C=O) groups excluding carboxylic acids is 1. The van der Waals surface area contributed by atoms with Gasteiger partial charge in [0.25, 0.3) is 0 Å². The molecule has 2 heterocycles. The van der Waals surface area contributed by atoms with Gasteiger partial charge in [0.05, 0.1) is 6.61 Å². The lowest BCUT2D eigenvalue weighted by atomic mass is 9.62. The lowest BCUT2D eigenvalue weighted by Crippen LogP contribution is -2.53. The molecule has 1 aliphatic carbocycles. The topological polar surface area (TPSA) is 75.6 Å². The summed E-state index contributed by atoms with van der Waals surface area (Å²) in [6.45, 7) is 2.42. The van der Waals surface area contributed by atoms with Crippen molar-refractivity contribution in [1.29, 1.82) is 0 Å². The number of aliphatic carboxylic acids is 1. The summed E-state index contributed by atoms with van der Waals surface area (Å²) in [7, 11) is 0. The summed E-state index contributed by atoms with van der Waals surface area (Å²) in [5.74, 6) is -0.965. The maximum Gasteiger partial charge on any atom is 0.336 e. The SMILES string of the molecule is CC(=O)NCC12COC(C(=O)O)(C1)C2. The normalized spacial score (nSPS) is 38.9. The van der Waals surface area contributed by atoms with Crippen molar-refractivity contribution in [3.8, 4) is 0 Å². The molecule has 1 saturated carbocycles. The molecule has 2 bridgehead atoms. The number of ether oxygens (including phenoxy) is 1. The molecule has 5 heteroatoms. The molecular formula is C9H13NO4. The van der Waals surface area contributed by atoms with E-state index in [1.807, 2.05) is 0 Å². The Balaban J connectivity index is 1.94. The van der Waals surface area contributed by atoms with Crippen molar-refractivity contribution in [1.82, 2.24) is 5.32 Å². The summed E-state index contributed by atoms with van der Waals surface area (Å²) >= 11 is 0. The first-order valence-corrected chi connectivity index (χ1v) is 4.60. The van der Waals surface area contributed by atoms with E-state index < -0.39 is 11.6 Å². The zero-order valence-corrected chi connectivity index (χ0v) is 8.00. The average molecular weight is 199 g/mol. The molecule has 78 valence electrons. The fraction of sp³-hybridized carbons (Fsp3) is 0.778. The number of hydrogen-bond acceptors (Lipinski definition) is 3. The summed E-state index contributed by atoms with van der Waals surface area (Å²) in [4.78, 5) is 21.5. The van der Waals surface area contributed by atoms with Gasteiger partial charge in [0, 0.05) is 18.9 Å². The minimum Gasteiger partial charge on any atom is -0.479 e. The quantitative estimate of drug-likeness (QED) is 0.657. The third kappa shape index (κ3) is 1.19. The van der Waals surface area contributed by atoms with Gasteiger partial charge in [0.2, 0.25) is 5.91 Å². The minimum atomic E-state index is -0.946. The molecule has 0 radical (unpaired) electrons. The molecule has 3 rings (SSSR count). The van der Waals surface area contributed by atoms with Crippen LogP contribution in [0.4, 0.5) is 0 Å². The van der Waals surface area contributed by atoms with E-state index in [0.29, 0.717) is 26.0 Å². The van der Waals surface area contributed by atoms with Gasteiger partial charge in [-0.2, -0.15) is 0 Å². The molecule has 0 aromatic rings.